The standard InChI is InChI=1S/C23H31N3O4/c1-6-29-21(27)14-19(24-15-17-10-8-7-9-11-17)18-12-13-20(25-16-18)26(5)22(28)30-23(2,3)4/h7-13,16,19,24H,6,14-15H2,1-5H3. The van der Waals surface area contributed by atoms with Crippen LogP contribution in [-0.4, -0.2) is 36.3 Å². The number of hydrogen-bond donors (Lipinski definition) is 1. The number of pyridine rings is 1. The minimum Gasteiger partial charge on any atom is -0.466 e. The van der Waals surface area contributed by atoms with Gasteiger partial charge in [0.15, 0.2) is 0 Å². The quantitative estimate of drug-likeness (QED) is 0.652. The van der Waals surface area contributed by atoms with Gasteiger partial charge in [0.25, 0.3) is 0 Å². The predicted molar refractivity (Wildman–Crippen MR) is 116 cm³/mol. The Morgan fingerprint density at radius 2 is 1.83 bits per heavy atom. The zero-order chi connectivity index (χ0) is 22.1. The molecule has 1 N–H and O–H groups in total. The van der Waals surface area contributed by atoms with E-state index in [0.717, 1.165) is 11.1 Å². The van der Waals surface area contributed by atoms with Gasteiger partial charge in [-0.15, -0.1) is 0 Å². The predicted octanol–water partition coefficient (Wildman–Crippen LogP) is 4.24. The van der Waals surface area contributed by atoms with Gasteiger partial charge in [-0.1, -0.05) is 36.4 Å². The van der Waals surface area contributed by atoms with Crippen molar-refractivity contribution in [3.05, 3.63) is 59.8 Å². The van der Waals surface area contributed by atoms with Gasteiger partial charge < -0.3 is 14.8 Å². The van der Waals surface area contributed by atoms with Crippen molar-refractivity contribution in [2.24, 2.45) is 0 Å². The molecule has 0 fully saturated rings. The summed E-state index contributed by atoms with van der Waals surface area (Å²) in [5.41, 5.74) is 1.36. The van der Waals surface area contributed by atoms with Crippen LogP contribution in [0.1, 0.15) is 51.3 Å². The summed E-state index contributed by atoms with van der Waals surface area (Å²) in [7, 11) is 1.61. The SMILES string of the molecule is CCOC(=O)CC(NCc1ccccc1)c1ccc(N(C)C(=O)OC(C)(C)C)nc1. The van der Waals surface area contributed by atoms with Crippen LogP contribution in [0.5, 0.6) is 0 Å². The van der Waals surface area contributed by atoms with E-state index in [1.807, 2.05) is 57.2 Å². The van der Waals surface area contributed by atoms with E-state index in [9.17, 15) is 9.59 Å². The van der Waals surface area contributed by atoms with Gasteiger partial charge in [0, 0.05) is 25.8 Å². The number of carbonyl (C=O) groups is 2. The number of hydrogen-bond acceptors (Lipinski definition) is 6. The normalized spacial score (nSPS) is 12.2. The van der Waals surface area contributed by atoms with E-state index in [2.05, 4.69) is 10.3 Å². The van der Waals surface area contributed by atoms with Gasteiger partial charge in [-0.3, -0.25) is 9.69 Å². The largest absolute Gasteiger partial charge is 0.466 e. The third kappa shape index (κ3) is 7.48. The van der Waals surface area contributed by atoms with Crippen LogP contribution in [0.3, 0.4) is 0 Å². The van der Waals surface area contributed by atoms with Crippen molar-refractivity contribution in [3.8, 4) is 0 Å². The van der Waals surface area contributed by atoms with E-state index < -0.39 is 11.7 Å². The third-order valence-corrected chi connectivity index (χ3v) is 4.26. The molecular formula is C23H31N3O4. The van der Waals surface area contributed by atoms with E-state index in [1.54, 1.807) is 26.2 Å². The van der Waals surface area contributed by atoms with Crippen LogP contribution in [0.25, 0.3) is 0 Å². The van der Waals surface area contributed by atoms with Crippen LogP contribution >= 0.6 is 0 Å². The fourth-order valence-electron chi connectivity index (χ4n) is 2.76. The van der Waals surface area contributed by atoms with Gasteiger partial charge in [-0.05, 0) is 44.9 Å². The third-order valence-electron chi connectivity index (χ3n) is 4.26. The first-order chi connectivity index (χ1) is 14.2. The summed E-state index contributed by atoms with van der Waals surface area (Å²) in [5.74, 6) is 0.184. The van der Waals surface area contributed by atoms with E-state index in [4.69, 9.17) is 9.47 Å². The monoisotopic (exact) mass is 413 g/mol. The number of rotatable bonds is 8. The number of anilines is 1. The molecule has 2 rings (SSSR count). The molecule has 0 aliphatic carbocycles. The van der Waals surface area contributed by atoms with E-state index >= 15 is 0 Å². The number of amides is 1. The summed E-state index contributed by atoms with van der Waals surface area (Å²) < 4.78 is 10.5. The van der Waals surface area contributed by atoms with Gasteiger partial charge in [-0.25, -0.2) is 9.78 Å². The summed E-state index contributed by atoms with van der Waals surface area (Å²) in [5, 5.41) is 3.40. The lowest BCUT2D eigenvalue weighted by atomic mass is 10.1. The topological polar surface area (TPSA) is 80.8 Å². The van der Waals surface area contributed by atoms with Crippen molar-refractivity contribution in [2.75, 3.05) is 18.6 Å². The van der Waals surface area contributed by atoms with E-state index in [1.165, 1.54) is 4.90 Å². The van der Waals surface area contributed by atoms with E-state index in [0.29, 0.717) is 19.0 Å². The molecule has 1 atom stereocenters. The maximum absolute atomic E-state index is 12.2. The Kier molecular flexibility index (Phi) is 8.35. The van der Waals surface area contributed by atoms with Crippen molar-refractivity contribution in [1.82, 2.24) is 10.3 Å². The van der Waals surface area contributed by atoms with Crippen LogP contribution in [0.15, 0.2) is 48.7 Å². The second kappa shape index (κ2) is 10.7. The number of esters is 1. The first-order valence-electron chi connectivity index (χ1n) is 10.0. The summed E-state index contributed by atoms with van der Waals surface area (Å²) in [6.45, 7) is 8.16. The van der Waals surface area contributed by atoms with Crippen molar-refractivity contribution in [2.45, 2.75) is 52.3 Å². The number of ether oxygens (including phenoxy) is 2. The summed E-state index contributed by atoms with van der Waals surface area (Å²) in [6.07, 6.45) is 1.37. The molecule has 7 nitrogen and oxygen atoms in total. The van der Waals surface area contributed by atoms with Crippen molar-refractivity contribution in [3.63, 3.8) is 0 Å². The number of carbonyl (C=O) groups excluding carboxylic acids is 2. The van der Waals surface area contributed by atoms with Gasteiger partial charge >= 0.3 is 12.1 Å². The molecule has 162 valence electrons. The van der Waals surface area contributed by atoms with Crippen molar-refractivity contribution >= 4 is 17.9 Å². The Bertz CT molecular complexity index is 817. The molecule has 30 heavy (non-hydrogen) atoms. The maximum atomic E-state index is 12.2. The second-order valence-electron chi connectivity index (χ2n) is 7.92. The highest BCUT2D eigenvalue weighted by molar-refractivity contribution is 5.85. The fraction of sp³-hybridized carbons (Fsp3) is 0.435. The molecule has 1 aromatic carbocycles. The molecule has 2 aromatic rings. The van der Waals surface area contributed by atoms with Crippen LogP contribution in [0, 0.1) is 0 Å². The Labute approximate surface area is 178 Å². The number of nitrogens with zero attached hydrogens (tertiary/aromatic N) is 2. The first-order valence-corrected chi connectivity index (χ1v) is 10.0. The summed E-state index contributed by atoms with van der Waals surface area (Å²) in [6, 6.07) is 13.3. The highest BCUT2D eigenvalue weighted by Gasteiger charge is 2.22. The minimum atomic E-state index is -0.586. The Morgan fingerprint density at radius 1 is 1.13 bits per heavy atom. The molecule has 1 heterocycles. The van der Waals surface area contributed by atoms with Gasteiger partial charge in [0.2, 0.25) is 0 Å². The molecule has 0 saturated carbocycles. The first kappa shape index (κ1) is 23.3. The number of aromatic nitrogens is 1. The lowest BCUT2D eigenvalue weighted by Crippen LogP contribution is -2.34. The summed E-state index contributed by atoms with van der Waals surface area (Å²) >= 11 is 0. The van der Waals surface area contributed by atoms with Gasteiger partial charge in [-0.2, -0.15) is 0 Å². The minimum absolute atomic E-state index is 0.184. The Balaban J connectivity index is 2.12. The average Bonchev–Trinajstić information content (AvgIpc) is 2.70. The number of nitrogens with one attached hydrogen (secondary N) is 1. The molecule has 1 unspecified atom stereocenters. The van der Waals surface area contributed by atoms with Crippen molar-refractivity contribution < 1.29 is 19.1 Å². The number of benzene rings is 1. The highest BCUT2D eigenvalue weighted by Crippen LogP contribution is 2.21. The molecule has 0 aliphatic heterocycles. The molecule has 0 aliphatic rings. The molecule has 0 spiro atoms. The lowest BCUT2D eigenvalue weighted by Gasteiger charge is -2.24. The van der Waals surface area contributed by atoms with Crippen LogP contribution in [0.4, 0.5) is 10.6 Å². The Morgan fingerprint density at radius 3 is 2.40 bits per heavy atom. The van der Waals surface area contributed by atoms with Crippen LogP contribution < -0.4 is 10.2 Å². The molecular weight excluding hydrogens is 382 g/mol. The maximum Gasteiger partial charge on any atom is 0.415 e. The summed E-state index contributed by atoms with van der Waals surface area (Å²) in [4.78, 5) is 30.1. The molecule has 1 amide bonds. The fourth-order valence-corrected chi connectivity index (χ4v) is 2.76. The zero-order valence-electron chi connectivity index (χ0n) is 18.3. The smallest absolute Gasteiger partial charge is 0.415 e. The zero-order valence-corrected chi connectivity index (χ0v) is 18.3. The average molecular weight is 414 g/mol. The molecule has 0 saturated heterocycles. The Hall–Kier alpha value is -2.93. The van der Waals surface area contributed by atoms with Crippen LogP contribution in [-0.2, 0) is 20.8 Å². The van der Waals surface area contributed by atoms with Crippen molar-refractivity contribution in [1.29, 1.82) is 0 Å². The highest BCUT2D eigenvalue weighted by atomic mass is 16.6. The van der Waals surface area contributed by atoms with Gasteiger partial charge in [0.1, 0.15) is 11.4 Å². The molecule has 7 heteroatoms. The lowest BCUT2D eigenvalue weighted by molar-refractivity contribution is -0.143. The molecule has 0 radical (unpaired) electrons. The van der Waals surface area contributed by atoms with E-state index in [-0.39, 0.29) is 18.4 Å². The molecule has 0 bridgehead atoms. The second-order valence-corrected chi connectivity index (χ2v) is 7.92. The van der Waals surface area contributed by atoms with Gasteiger partial charge in [0.05, 0.1) is 13.0 Å². The molecule has 1 aromatic heterocycles. The van der Waals surface area contributed by atoms with Crippen LogP contribution in [0.2, 0.25) is 0 Å².